The summed E-state index contributed by atoms with van der Waals surface area (Å²) >= 11 is 3.03. The second kappa shape index (κ2) is 9.08. The summed E-state index contributed by atoms with van der Waals surface area (Å²) < 4.78 is 4.92. The summed E-state index contributed by atoms with van der Waals surface area (Å²) in [5, 5.41) is 16.6. The summed E-state index contributed by atoms with van der Waals surface area (Å²) in [5.74, 6) is -0.972. The van der Waals surface area contributed by atoms with E-state index in [9.17, 15) is 14.9 Å². The quantitative estimate of drug-likeness (QED) is 0.365. The molecule has 0 fully saturated rings. The number of carbonyl (C=O) groups is 2. The lowest BCUT2D eigenvalue weighted by molar-refractivity contribution is -0.112. The number of hydrogen-bond acceptors (Lipinski definition) is 7. The predicted octanol–water partition coefficient (Wildman–Crippen LogP) is 4.59. The molecule has 2 aromatic heterocycles. The Labute approximate surface area is 169 Å². The lowest BCUT2D eigenvalue weighted by Crippen LogP contribution is -2.13. The molecule has 0 radical (unpaired) electrons. The number of benzene rings is 1. The Kier molecular flexibility index (Phi) is 6.32. The summed E-state index contributed by atoms with van der Waals surface area (Å²) in [5.41, 5.74) is 1.35. The molecule has 0 spiro atoms. The summed E-state index contributed by atoms with van der Waals surface area (Å²) in [4.78, 5) is 29.5. The average molecular weight is 409 g/mol. The van der Waals surface area contributed by atoms with E-state index in [1.165, 1.54) is 17.4 Å². The summed E-state index contributed by atoms with van der Waals surface area (Å²) in [7, 11) is 0. The number of anilines is 1. The molecule has 1 amide bonds. The van der Waals surface area contributed by atoms with Gasteiger partial charge < -0.3 is 10.1 Å². The molecule has 0 bridgehead atoms. The van der Waals surface area contributed by atoms with Gasteiger partial charge in [0.15, 0.2) is 0 Å². The van der Waals surface area contributed by atoms with E-state index in [2.05, 4.69) is 10.3 Å². The third-order valence-corrected chi connectivity index (χ3v) is 5.46. The SMILES string of the molecule is CCOC(=O)c1ccc(NC(=O)C(C#N)=Cc2csc(-c3cccs3)n2)cc1. The van der Waals surface area contributed by atoms with Crippen molar-refractivity contribution in [1.29, 1.82) is 5.26 Å². The van der Waals surface area contributed by atoms with Gasteiger partial charge in [0.25, 0.3) is 5.91 Å². The maximum Gasteiger partial charge on any atom is 0.338 e. The van der Waals surface area contributed by atoms with Crippen molar-refractivity contribution in [2.45, 2.75) is 6.92 Å². The van der Waals surface area contributed by atoms with Gasteiger partial charge in [0.05, 0.1) is 22.7 Å². The van der Waals surface area contributed by atoms with E-state index in [0.29, 0.717) is 23.6 Å². The predicted molar refractivity (Wildman–Crippen MR) is 110 cm³/mol. The molecule has 8 heteroatoms. The van der Waals surface area contributed by atoms with Crippen LogP contribution in [0.5, 0.6) is 0 Å². The largest absolute Gasteiger partial charge is 0.462 e. The van der Waals surface area contributed by atoms with E-state index in [1.54, 1.807) is 47.9 Å². The van der Waals surface area contributed by atoms with Crippen LogP contribution in [0.25, 0.3) is 16.0 Å². The fourth-order valence-corrected chi connectivity index (χ4v) is 3.86. The summed E-state index contributed by atoms with van der Waals surface area (Å²) in [6.45, 7) is 2.02. The number of amides is 1. The molecule has 0 aliphatic rings. The molecule has 0 unspecified atom stereocenters. The summed E-state index contributed by atoms with van der Waals surface area (Å²) in [6.07, 6.45) is 1.45. The van der Waals surface area contributed by atoms with E-state index in [4.69, 9.17) is 4.74 Å². The van der Waals surface area contributed by atoms with E-state index in [0.717, 1.165) is 9.88 Å². The average Bonchev–Trinajstić information content (AvgIpc) is 3.38. The third kappa shape index (κ3) is 4.71. The first-order chi connectivity index (χ1) is 13.6. The minimum Gasteiger partial charge on any atom is -0.462 e. The molecule has 0 saturated heterocycles. The second-order valence-electron chi connectivity index (χ2n) is 5.48. The number of nitriles is 1. The van der Waals surface area contributed by atoms with Crippen molar-refractivity contribution >= 4 is 46.3 Å². The van der Waals surface area contributed by atoms with Crippen LogP contribution in [-0.4, -0.2) is 23.5 Å². The Balaban J connectivity index is 1.71. The van der Waals surface area contributed by atoms with E-state index in [1.807, 2.05) is 23.6 Å². The zero-order chi connectivity index (χ0) is 19.9. The van der Waals surface area contributed by atoms with Gasteiger partial charge in [-0.1, -0.05) is 6.07 Å². The molecule has 3 rings (SSSR count). The zero-order valence-corrected chi connectivity index (χ0v) is 16.5. The number of hydrogen-bond donors (Lipinski definition) is 1. The first-order valence-electron chi connectivity index (χ1n) is 8.30. The van der Waals surface area contributed by atoms with Gasteiger partial charge in [-0.2, -0.15) is 5.26 Å². The molecule has 6 nitrogen and oxygen atoms in total. The van der Waals surface area contributed by atoms with Crippen LogP contribution in [-0.2, 0) is 9.53 Å². The van der Waals surface area contributed by atoms with Crippen LogP contribution in [0, 0.1) is 11.3 Å². The number of aromatic nitrogens is 1. The van der Waals surface area contributed by atoms with Crippen molar-refractivity contribution in [2.24, 2.45) is 0 Å². The van der Waals surface area contributed by atoms with Crippen molar-refractivity contribution in [3.8, 4) is 16.0 Å². The molecule has 3 aromatic rings. The molecule has 1 aromatic carbocycles. The van der Waals surface area contributed by atoms with Crippen LogP contribution < -0.4 is 5.32 Å². The van der Waals surface area contributed by atoms with E-state index in [-0.39, 0.29) is 5.57 Å². The molecule has 2 heterocycles. The fraction of sp³-hybridized carbons (Fsp3) is 0.100. The first-order valence-corrected chi connectivity index (χ1v) is 10.1. The number of carbonyl (C=O) groups excluding carboxylic acids is 2. The third-order valence-electron chi connectivity index (χ3n) is 3.57. The lowest BCUT2D eigenvalue weighted by atomic mass is 10.2. The Morgan fingerprint density at radius 3 is 2.68 bits per heavy atom. The fourth-order valence-electron chi connectivity index (χ4n) is 2.26. The van der Waals surface area contributed by atoms with Crippen LogP contribution in [0.1, 0.15) is 23.0 Å². The molecule has 1 N–H and O–H groups in total. The van der Waals surface area contributed by atoms with Gasteiger partial charge in [-0.3, -0.25) is 4.79 Å². The second-order valence-corrected chi connectivity index (χ2v) is 7.28. The van der Waals surface area contributed by atoms with Crippen LogP contribution >= 0.6 is 22.7 Å². The van der Waals surface area contributed by atoms with E-state index >= 15 is 0 Å². The van der Waals surface area contributed by atoms with Crippen molar-refractivity contribution in [3.05, 3.63) is 64.0 Å². The molecule has 0 aliphatic heterocycles. The van der Waals surface area contributed by atoms with Crippen LogP contribution in [0.2, 0.25) is 0 Å². The molecule has 140 valence electrons. The van der Waals surface area contributed by atoms with Gasteiger partial charge in [-0.05, 0) is 48.7 Å². The van der Waals surface area contributed by atoms with Crippen molar-refractivity contribution < 1.29 is 14.3 Å². The highest BCUT2D eigenvalue weighted by molar-refractivity contribution is 7.20. The zero-order valence-electron chi connectivity index (χ0n) is 14.8. The molecule has 0 atom stereocenters. The van der Waals surface area contributed by atoms with Crippen molar-refractivity contribution in [1.82, 2.24) is 4.98 Å². The summed E-state index contributed by atoms with van der Waals surface area (Å²) in [6, 6.07) is 12.1. The van der Waals surface area contributed by atoms with Crippen LogP contribution in [0.15, 0.2) is 52.7 Å². The Morgan fingerprint density at radius 2 is 2.04 bits per heavy atom. The number of thiazole rings is 1. The number of thiophene rings is 1. The number of ether oxygens (including phenoxy) is 1. The van der Waals surface area contributed by atoms with Crippen LogP contribution in [0.4, 0.5) is 5.69 Å². The number of esters is 1. The van der Waals surface area contributed by atoms with Crippen molar-refractivity contribution in [2.75, 3.05) is 11.9 Å². The normalized spacial score (nSPS) is 10.9. The van der Waals surface area contributed by atoms with Crippen molar-refractivity contribution in [3.63, 3.8) is 0 Å². The van der Waals surface area contributed by atoms with Gasteiger partial charge >= 0.3 is 5.97 Å². The topological polar surface area (TPSA) is 92.1 Å². The Hall–Kier alpha value is -3.28. The standard InChI is InChI=1S/C20H15N3O3S2/c1-2-26-20(25)13-5-7-15(8-6-13)22-18(24)14(11-21)10-16-12-28-19(23-16)17-4-3-9-27-17/h3-10,12H,2H2,1H3,(H,22,24). The van der Waals surface area contributed by atoms with Gasteiger partial charge in [-0.15, -0.1) is 22.7 Å². The molecule has 0 saturated carbocycles. The maximum atomic E-state index is 12.4. The highest BCUT2D eigenvalue weighted by Gasteiger charge is 2.12. The monoisotopic (exact) mass is 409 g/mol. The smallest absolute Gasteiger partial charge is 0.338 e. The number of nitrogens with zero attached hydrogens (tertiary/aromatic N) is 2. The molecule has 0 aliphatic carbocycles. The Bertz CT molecular complexity index is 1050. The maximum absolute atomic E-state index is 12.4. The van der Waals surface area contributed by atoms with Gasteiger partial charge in [0, 0.05) is 11.1 Å². The first kappa shape index (κ1) is 19.5. The highest BCUT2D eigenvalue weighted by atomic mass is 32.1. The minimum absolute atomic E-state index is 0.0579. The minimum atomic E-state index is -0.544. The number of rotatable bonds is 6. The van der Waals surface area contributed by atoms with Gasteiger partial charge in [-0.25, -0.2) is 9.78 Å². The highest BCUT2D eigenvalue weighted by Crippen LogP contribution is 2.28. The van der Waals surface area contributed by atoms with Gasteiger partial charge in [0.1, 0.15) is 16.6 Å². The number of nitrogens with one attached hydrogen (secondary N) is 1. The molecular weight excluding hydrogens is 394 g/mol. The Morgan fingerprint density at radius 1 is 1.25 bits per heavy atom. The van der Waals surface area contributed by atoms with E-state index < -0.39 is 11.9 Å². The lowest BCUT2D eigenvalue weighted by Gasteiger charge is -2.05. The van der Waals surface area contributed by atoms with Crippen LogP contribution in [0.3, 0.4) is 0 Å². The van der Waals surface area contributed by atoms with Gasteiger partial charge in [0.2, 0.25) is 0 Å². The molecule has 28 heavy (non-hydrogen) atoms. The molecular formula is C20H15N3O3S2.